The Balaban J connectivity index is 1.58. The van der Waals surface area contributed by atoms with Crippen LogP contribution >= 0.6 is 27.7 Å². The van der Waals surface area contributed by atoms with Crippen molar-refractivity contribution in [3.8, 4) is 11.3 Å². The summed E-state index contributed by atoms with van der Waals surface area (Å²) < 4.78 is 6.66. The topological polar surface area (TPSA) is 91.9 Å². The minimum atomic E-state index is -1.03. The van der Waals surface area contributed by atoms with Gasteiger partial charge in [0.05, 0.1) is 16.2 Å². The lowest BCUT2D eigenvalue weighted by atomic mass is 10.1. The maximum absolute atomic E-state index is 12.3. The second kappa shape index (κ2) is 8.10. The van der Waals surface area contributed by atoms with E-state index in [9.17, 15) is 14.7 Å². The summed E-state index contributed by atoms with van der Waals surface area (Å²) in [6, 6.07) is 17.4. The summed E-state index contributed by atoms with van der Waals surface area (Å²) >= 11 is 4.60. The number of nitrogens with zero attached hydrogens (tertiary/aromatic N) is 1. The van der Waals surface area contributed by atoms with Crippen LogP contribution in [0.15, 0.2) is 79.5 Å². The number of furan rings is 1. The van der Waals surface area contributed by atoms with Gasteiger partial charge in [0.15, 0.2) is 5.17 Å². The molecule has 29 heavy (non-hydrogen) atoms. The molecular formula is C21H13BrN2O4S. The van der Waals surface area contributed by atoms with Crippen molar-refractivity contribution in [2.45, 2.75) is 0 Å². The van der Waals surface area contributed by atoms with E-state index >= 15 is 0 Å². The highest BCUT2D eigenvalue weighted by atomic mass is 79.9. The highest BCUT2D eigenvalue weighted by molar-refractivity contribution is 9.10. The smallest absolute Gasteiger partial charge is 0.336 e. The average molecular weight is 469 g/mol. The summed E-state index contributed by atoms with van der Waals surface area (Å²) in [5, 5.41) is 12.5. The Bertz CT molecular complexity index is 1180. The van der Waals surface area contributed by atoms with Gasteiger partial charge in [0.25, 0.3) is 5.91 Å². The Labute approximate surface area is 178 Å². The van der Waals surface area contributed by atoms with Crippen LogP contribution in [0.5, 0.6) is 0 Å². The number of hydrogen-bond donors (Lipinski definition) is 2. The fourth-order valence-electron chi connectivity index (χ4n) is 2.73. The first-order valence-electron chi connectivity index (χ1n) is 8.47. The molecule has 3 aromatic rings. The Morgan fingerprint density at radius 2 is 1.97 bits per heavy atom. The van der Waals surface area contributed by atoms with Gasteiger partial charge in [0.2, 0.25) is 0 Å². The minimum Gasteiger partial charge on any atom is -0.478 e. The first-order valence-corrected chi connectivity index (χ1v) is 10.1. The van der Waals surface area contributed by atoms with E-state index in [0.717, 1.165) is 4.47 Å². The molecule has 0 spiro atoms. The zero-order valence-corrected chi connectivity index (χ0v) is 17.2. The number of benzene rings is 2. The first kappa shape index (κ1) is 19.2. The van der Waals surface area contributed by atoms with Gasteiger partial charge in [-0.2, -0.15) is 0 Å². The molecule has 2 heterocycles. The van der Waals surface area contributed by atoms with Crippen LogP contribution < -0.4 is 5.32 Å². The third kappa shape index (κ3) is 4.33. The number of carbonyl (C=O) groups is 2. The van der Waals surface area contributed by atoms with Crippen LogP contribution in [0.2, 0.25) is 0 Å². The molecule has 1 amide bonds. The summed E-state index contributed by atoms with van der Waals surface area (Å²) in [6.07, 6.45) is 1.61. The lowest BCUT2D eigenvalue weighted by molar-refractivity contribution is -0.115. The van der Waals surface area contributed by atoms with Gasteiger partial charge < -0.3 is 14.8 Å². The van der Waals surface area contributed by atoms with E-state index in [0.29, 0.717) is 32.8 Å². The highest BCUT2D eigenvalue weighted by Gasteiger charge is 2.24. The quantitative estimate of drug-likeness (QED) is 0.506. The van der Waals surface area contributed by atoms with E-state index in [2.05, 4.69) is 26.2 Å². The molecule has 0 aliphatic carbocycles. The lowest BCUT2D eigenvalue weighted by Gasteiger charge is -2.02. The van der Waals surface area contributed by atoms with Gasteiger partial charge in [-0.05, 0) is 48.2 Å². The monoisotopic (exact) mass is 468 g/mol. The molecule has 1 aromatic heterocycles. The van der Waals surface area contributed by atoms with Crippen LogP contribution in [0.4, 0.5) is 5.69 Å². The predicted octanol–water partition coefficient (Wildman–Crippen LogP) is 5.30. The third-order valence-corrected chi connectivity index (χ3v) is 5.42. The van der Waals surface area contributed by atoms with Crippen molar-refractivity contribution >= 4 is 56.5 Å². The molecule has 6 nitrogen and oxygen atoms in total. The van der Waals surface area contributed by atoms with Crippen LogP contribution in [-0.2, 0) is 4.79 Å². The zero-order chi connectivity index (χ0) is 20.4. The molecule has 0 atom stereocenters. The summed E-state index contributed by atoms with van der Waals surface area (Å²) in [6.45, 7) is 0. The molecule has 0 radical (unpaired) electrons. The first-order chi connectivity index (χ1) is 14.0. The van der Waals surface area contributed by atoms with E-state index in [1.165, 1.54) is 17.8 Å². The number of carboxylic acid groups (broad SMARTS) is 1. The molecule has 0 bridgehead atoms. The van der Waals surface area contributed by atoms with Crippen LogP contribution in [-0.4, -0.2) is 22.2 Å². The molecule has 0 unspecified atom stereocenters. The average Bonchev–Trinajstić information content (AvgIpc) is 3.29. The van der Waals surface area contributed by atoms with Crippen LogP contribution in [0.1, 0.15) is 16.1 Å². The summed E-state index contributed by atoms with van der Waals surface area (Å²) in [7, 11) is 0. The fourth-order valence-corrected chi connectivity index (χ4v) is 3.94. The highest BCUT2D eigenvalue weighted by Crippen LogP contribution is 2.31. The summed E-state index contributed by atoms with van der Waals surface area (Å²) in [4.78, 5) is 28.5. The van der Waals surface area contributed by atoms with Crippen molar-refractivity contribution in [3.63, 3.8) is 0 Å². The van der Waals surface area contributed by atoms with Crippen molar-refractivity contribution in [3.05, 3.63) is 81.4 Å². The van der Waals surface area contributed by atoms with E-state index in [4.69, 9.17) is 4.42 Å². The lowest BCUT2D eigenvalue weighted by Crippen LogP contribution is -2.19. The number of halogens is 1. The van der Waals surface area contributed by atoms with Gasteiger partial charge in [0, 0.05) is 16.1 Å². The van der Waals surface area contributed by atoms with Gasteiger partial charge in [-0.3, -0.25) is 4.79 Å². The van der Waals surface area contributed by atoms with Gasteiger partial charge in [-0.15, -0.1) is 0 Å². The van der Waals surface area contributed by atoms with E-state index in [-0.39, 0.29) is 11.5 Å². The molecule has 1 fully saturated rings. The molecule has 1 saturated heterocycles. The fraction of sp³-hybridized carbons (Fsp3) is 0. The number of nitrogens with one attached hydrogen (secondary N) is 1. The van der Waals surface area contributed by atoms with E-state index in [1.54, 1.807) is 36.4 Å². The Kier molecular flexibility index (Phi) is 5.37. The Morgan fingerprint density at radius 1 is 1.14 bits per heavy atom. The van der Waals surface area contributed by atoms with Crippen molar-refractivity contribution in [1.82, 2.24) is 5.32 Å². The molecule has 1 aliphatic rings. The molecule has 4 rings (SSSR count). The number of aromatic carboxylic acids is 1. The molecule has 8 heteroatoms. The third-order valence-electron chi connectivity index (χ3n) is 4.01. The van der Waals surface area contributed by atoms with E-state index < -0.39 is 5.97 Å². The molecule has 144 valence electrons. The number of hydrogen-bond acceptors (Lipinski definition) is 5. The minimum absolute atomic E-state index is 0.150. The van der Waals surface area contributed by atoms with Gasteiger partial charge in [0.1, 0.15) is 11.5 Å². The Hall–Kier alpha value is -3.10. The maximum atomic E-state index is 12.3. The molecular weight excluding hydrogens is 456 g/mol. The van der Waals surface area contributed by atoms with Crippen molar-refractivity contribution < 1.29 is 19.1 Å². The van der Waals surface area contributed by atoms with Crippen LogP contribution in [0.3, 0.4) is 0 Å². The van der Waals surface area contributed by atoms with Crippen LogP contribution in [0.25, 0.3) is 17.4 Å². The molecule has 2 N–H and O–H groups in total. The Morgan fingerprint density at radius 3 is 2.76 bits per heavy atom. The number of rotatable bonds is 4. The molecule has 2 aromatic carbocycles. The maximum Gasteiger partial charge on any atom is 0.336 e. The second-order valence-electron chi connectivity index (χ2n) is 6.01. The number of aliphatic imine (C=N–C) groups is 1. The number of carboxylic acids is 1. The predicted molar refractivity (Wildman–Crippen MR) is 116 cm³/mol. The standard InChI is InChI=1S/C21H13BrN2O4S/c22-12-4-3-5-13(10-12)23-21-24-19(25)18(29-21)11-14-8-9-17(28-14)15-6-1-2-7-16(15)20(26)27/h1-11H,(H,26,27)(H,23,24,25). The number of thioether (sulfide) groups is 1. The van der Waals surface area contributed by atoms with Crippen molar-refractivity contribution in [1.29, 1.82) is 0 Å². The number of amidine groups is 1. The summed E-state index contributed by atoms with van der Waals surface area (Å²) in [5.41, 5.74) is 1.34. The normalized spacial score (nSPS) is 16.4. The number of carbonyl (C=O) groups excluding carboxylic acids is 1. The van der Waals surface area contributed by atoms with Crippen LogP contribution in [0, 0.1) is 0 Å². The molecule has 0 saturated carbocycles. The van der Waals surface area contributed by atoms with E-state index in [1.807, 2.05) is 24.3 Å². The van der Waals surface area contributed by atoms with Gasteiger partial charge >= 0.3 is 5.97 Å². The van der Waals surface area contributed by atoms with Gasteiger partial charge in [-0.1, -0.05) is 40.2 Å². The van der Waals surface area contributed by atoms with Crippen molar-refractivity contribution in [2.75, 3.05) is 0 Å². The van der Waals surface area contributed by atoms with Gasteiger partial charge in [-0.25, -0.2) is 9.79 Å². The zero-order valence-electron chi connectivity index (χ0n) is 14.8. The summed E-state index contributed by atoms with van der Waals surface area (Å²) in [5.74, 6) is -0.438. The SMILES string of the molecule is O=C1NC(=Nc2cccc(Br)c2)SC1=Cc1ccc(-c2ccccc2C(=O)O)o1. The largest absolute Gasteiger partial charge is 0.478 e. The molecule has 1 aliphatic heterocycles. The number of amides is 1. The van der Waals surface area contributed by atoms with Crippen molar-refractivity contribution in [2.24, 2.45) is 4.99 Å². The second-order valence-corrected chi connectivity index (χ2v) is 7.96.